The molecule has 1 nitrogen and oxygen atoms in total. The maximum Gasteiger partial charge on any atom is 0.0322 e. The van der Waals surface area contributed by atoms with Crippen LogP contribution in [0.3, 0.4) is 0 Å². The fraction of sp³-hybridized carbons (Fsp3) is 0.667. The number of rotatable bonds is 8. The van der Waals surface area contributed by atoms with Crippen LogP contribution in [0.4, 0.5) is 0 Å². The molecule has 0 heterocycles. The lowest BCUT2D eigenvalue weighted by Gasteiger charge is -2.24. The third-order valence-corrected chi connectivity index (χ3v) is 4.12. The minimum absolute atomic E-state index is 0.524. The first kappa shape index (κ1) is 16.2. The summed E-state index contributed by atoms with van der Waals surface area (Å²) in [5.74, 6) is 0. The molecular weight excluding hydrogens is 230 g/mol. The second kappa shape index (κ2) is 8.37. The zero-order chi connectivity index (χ0) is 14.3. The van der Waals surface area contributed by atoms with Gasteiger partial charge in [-0.2, -0.15) is 0 Å². The molecule has 0 aliphatic rings. The van der Waals surface area contributed by atoms with Crippen LogP contribution in [0.25, 0.3) is 0 Å². The van der Waals surface area contributed by atoms with Crippen molar-refractivity contribution >= 4 is 0 Å². The molecule has 0 aliphatic carbocycles. The molecular formula is C18H31N. The molecule has 19 heavy (non-hydrogen) atoms. The summed E-state index contributed by atoms with van der Waals surface area (Å²) >= 11 is 0. The van der Waals surface area contributed by atoms with E-state index in [0.717, 1.165) is 19.3 Å². The van der Waals surface area contributed by atoms with Crippen LogP contribution >= 0.6 is 0 Å². The number of aryl methyl sites for hydroxylation is 3. The molecule has 1 rings (SSSR count). The smallest absolute Gasteiger partial charge is 0.0322 e. The third kappa shape index (κ3) is 4.07. The van der Waals surface area contributed by atoms with Crippen molar-refractivity contribution in [3.63, 3.8) is 0 Å². The summed E-state index contributed by atoms with van der Waals surface area (Å²) < 4.78 is 0. The molecule has 0 saturated carbocycles. The largest absolute Gasteiger partial charge is 0.313 e. The minimum atomic E-state index is 0.524. The van der Waals surface area contributed by atoms with Gasteiger partial charge < -0.3 is 5.32 Å². The van der Waals surface area contributed by atoms with E-state index in [2.05, 4.69) is 52.2 Å². The van der Waals surface area contributed by atoms with E-state index in [1.807, 2.05) is 0 Å². The Labute approximate surface area is 119 Å². The highest BCUT2D eigenvalue weighted by Gasteiger charge is 2.17. The highest BCUT2D eigenvalue weighted by molar-refractivity contribution is 5.41. The molecule has 1 aromatic rings. The maximum absolute atomic E-state index is 3.54. The van der Waals surface area contributed by atoms with Crippen molar-refractivity contribution < 1.29 is 0 Å². The van der Waals surface area contributed by atoms with Crippen LogP contribution in [0.2, 0.25) is 0 Å². The molecule has 0 aliphatic heterocycles. The van der Waals surface area contributed by atoms with E-state index >= 15 is 0 Å². The summed E-state index contributed by atoms with van der Waals surface area (Å²) in [6.45, 7) is 9.09. The van der Waals surface area contributed by atoms with Crippen molar-refractivity contribution in [2.45, 2.75) is 72.3 Å². The molecule has 0 radical (unpaired) electrons. The molecule has 0 spiro atoms. The van der Waals surface area contributed by atoms with Gasteiger partial charge in [0.25, 0.3) is 0 Å². The van der Waals surface area contributed by atoms with Gasteiger partial charge in [-0.1, -0.05) is 52.7 Å². The summed E-state index contributed by atoms with van der Waals surface area (Å²) in [5.41, 5.74) is 6.17. The maximum atomic E-state index is 3.54. The van der Waals surface area contributed by atoms with Gasteiger partial charge in [-0.3, -0.25) is 0 Å². The highest BCUT2D eigenvalue weighted by atomic mass is 14.9. The fourth-order valence-electron chi connectivity index (χ4n) is 2.93. The Kier molecular flexibility index (Phi) is 7.15. The first-order chi connectivity index (χ1) is 9.21. The van der Waals surface area contributed by atoms with Gasteiger partial charge in [0.15, 0.2) is 0 Å². The Morgan fingerprint density at radius 2 is 1.53 bits per heavy atom. The molecule has 0 fully saturated rings. The molecule has 1 aromatic carbocycles. The lowest BCUT2D eigenvalue weighted by Crippen LogP contribution is -2.20. The number of nitrogens with one attached hydrogen (secondary N) is 1. The van der Waals surface area contributed by atoms with Crippen LogP contribution in [-0.4, -0.2) is 7.05 Å². The standard InChI is InChI=1S/C18H31N/c1-6-10-11-17(19-5)18-15(8-3)12-14(7-2)13-16(18)9-4/h12-13,17,19H,6-11H2,1-5H3. The topological polar surface area (TPSA) is 12.0 Å². The summed E-state index contributed by atoms with van der Waals surface area (Å²) in [5, 5.41) is 3.54. The SMILES string of the molecule is CCCCC(NC)c1c(CC)cc(CC)cc1CC. The van der Waals surface area contributed by atoms with E-state index in [1.165, 1.54) is 24.8 Å². The zero-order valence-electron chi connectivity index (χ0n) is 13.5. The van der Waals surface area contributed by atoms with Crippen LogP contribution in [0.15, 0.2) is 12.1 Å². The van der Waals surface area contributed by atoms with Gasteiger partial charge >= 0.3 is 0 Å². The number of benzene rings is 1. The van der Waals surface area contributed by atoms with Crippen LogP contribution in [0.1, 0.15) is 75.3 Å². The van der Waals surface area contributed by atoms with Crippen LogP contribution < -0.4 is 5.32 Å². The van der Waals surface area contributed by atoms with E-state index in [-0.39, 0.29) is 0 Å². The first-order valence-electron chi connectivity index (χ1n) is 8.03. The van der Waals surface area contributed by atoms with Gasteiger partial charge in [0, 0.05) is 6.04 Å². The lowest BCUT2D eigenvalue weighted by molar-refractivity contribution is 0.515. The highest BCUT2D eigenvalue weighted by Crippen LogP contribution is 2.29. The van der Waals surface area contributed by atoms with Crippen molar-refractivity contribution in [2.75, 3.05) is 7.05 Å². The molecule has 1 heteroatoms. The van der Waals surface area contributed by atoms with Gasteiger partial charge in [0.1, 0.15) is 0 Å². The van der Waals surface area contributed by atoms with Crippen LogP contribution in [-0.2, 0) is 19.3 Å². The van der Waals surface area contributed by atoms with Gasteiger partial charge in [0.05, 0.1) is 0 Å². The minimum Gasteiger partial charge on any atom is -0.313 e. The predicted octanol–water partition coefficient (Wildman–Crippen LogP) is 4.82. The summed E-state index contributed by atoms with van der Waals surface area (Å²) in [6, 6.07) is 5.37. The van der Waals surface area contributed by atoms with Gasteiger partial charge in [-0.25, -0.2) is 0 Å². The molecule has 1 atom stereocenters. The average molecular weight is 261 g/mol. The molecule has 1 N–H and O–H groups in total. The Morgan fingerprint density at radius 1 is 0.947 bits per heavy atom. The Morgan fingerprint density at radius 3 is 1.89 bits per heavy atom. The van der Waals surface area contributed by atoms with Gasteiger partial charge in [-0.05, 0) is 55.0 Å². The number of hydrogen-bond acceptors (Lipinski definition) is 1. The molecule has 0 saturated heterocycles. The molecule has 0 bridgehead atoms. The monoisotopic (exact) mass is 261 g/mol. The third-order valence-electron chi connectivity index (χ3n) is 4.12. The van der Waals surface area contributed by atoms with Crippen molar-refractivity contribution in [1.82, 2.24) is 5.32 Å². The summed E-state index contributed by atoms with van der Waals surface area (Å²) in [6.07, 6.45) is 7.24. The van der Waals surface area contributed by atoms with E-state index < -0.39 is 0 Å². The molecule has 108 valence electrons. The van der Waals surface area contributed by atoms with Crippen molar-refractivity contribution in [2.24, 2.45) is 0 Å². The lowest BCUT2D eigenvalue weighted by atomic mass is 9.87. The predicted molar refractivity (Wildman–Crippen MR) is 85.9 cm³/mol. The van der Waals surface area contributed by atoms with Crippen molar-refractivity contribution in [3.05, 3.63) is 34.4 Å². The van der Waals surface area contributed by atoms with Crippen molar-refractivity contribution in [1.29, 1.82) is 0 Å². The summed E-state index contributed by atoms with van der Waals surface area (Å²) in [4.78, 5) is 0. The second-order valence-electron chi connectivity index (χ2n) is 5.37. The number of unbranched alkanes of at least 4 members (excludes halogenated alkanes) is 1. The van der Waals surface area contributed by atoms with E-state index in [9.17, 15) is 0 Å². The van der Waals surface area contributed by atoms with E-state index in [4.69, 9.17) is 0 Å². The summed E-state index contributed by atoms with van der Waals surface area (Å²) in [7, 11) is 2.10. The number of hydrogen-bond donors (Lipinski definition) is 1. The fourth-order valence-corrected chi connectivity index (χ4v) is 2.93. The molecule has 0 amide bonds. The molecule has 0 aromatic heterocycles. The van der Waals surface area contributed by atoms with Crippen LogP contribution in [0.5, 0.6) is 0 Å². The quantitative estimate of drug-likeness (QED) is 0.707. The second-order valence-corrected chi connectivity index (χ2v) is 5.37. The Hall–Kier alpha value is -0.820. The zero-order valence-corrected chi connectivity index (χ0v) is 13.5. The van der Waals surface area contributed by atoms with Gasteiger partial charge in [0.2, 0.25) is 0 Å². The van der Waals surface area contributed by atoms with Crippen LogP contribution in [0, 0.1) is 0 Å². The van der Waals surface area contributed by atoms with Gasteiger partial charge in [-0.15, -0.1) is 0 Å². The average Bonchev–Trinajstić information content (AvgIpc) is 2.47. The Balaban J connectivity index is 3.20. The van der Waals surface area contributed by atoms with E-state index in [0.29, 0.717) is 6.04 Å². The normalized spacial score (nSPS) is 12.7. The van der Waals surface area contributed by atoms with Crippen molar-refractivity contribution in [3.8, 4) is 0 Å². The Bertz CT molecular complexity index is 356. The first-order valence-corrected chi connectivity index (χ1v) is 8.03. The molecule has 1 unspecified atom stereocenters. The van der Waals surface area contributed by atoms with E-state index in [1.54, 1.807) is 16.7 Å².